The second kappa shape index (κ2) is 6.05. The minimum absolute atomic E-state index is 0.0951. The Labute approximate surface area is 111 Å². The van der Waals surface area contributed by atoms with Crippen LogP contribution < -0.4 is 5.32 Å². The summed E-state index contributed by atoms with van der Waals surface area (Å²) in [7, 11) is 2.01. The van der Waals surface area contributed by atoms with Crippen LogP contribution in [0.5, 0.6) is 0 Å². The van der Waals surface area contributed by atoms with Crippen LogP contribution in [-0.4, -0.2) is 37.5 Å². The Kier molecular flexibility index (Phi) is 4.66. The van der Waals surface area contributed by atoms with E-state index in [4.69, 9.17) is 0 Å². The third kappa shape index (κ3) is 2.87. The van der Waals surface area contributed by atoms with Gasteiger partial charge in [0.05, 0.1) is 5.41 Å². The largest absolute Gasteiger partial charge is 0.345 e. The van der Waals surface area contributed by atoms with Gasteiger partial charge in [-0.25, -0.2) is 0 Å². The van der Waals surface area contributed by atoms with Crippen LogP contribution in [0.4, 0.5) is 0 Å². The summed E-state index contributed by atoms with van der Waals surface area (Å²) in [5.41, 5.74) is -0.0951. The summed E-state index contributed by atoms with van der Waals surface area (Å²) >= 11 is 0. The SMILES string of the molecule is CCCC1(C(=O)N(C)CC2CCCC2)CCNC1. The maximum atomic E-state index is 12.7. The normalized spacial score (nSPS) is 28.8. The zero-order chi connectivity index (χ0) is 13.0. The molecule has 1 unspecified atom stereocenters. The highest BCUT2D eigenvalue weighted by Crippen LogP contribution is 2.34. The van der Waals surface area contributed by atoms with E-state index in [2.05, 4.69) is 12.2 Å². The van der Waals surface area contributed by atoms with E-state index in [0.29, 0.717) is 5.91 Å². The molecule has 1 saturated heterocycles. The zero-order valence-electron chi connectivity index (χ0n) is 12.0. The van der Waals surface area contributed by atoms with Gasteiger partial charge in [0.1, 0.15) is 0 Å². The number of nitrogens with one attached hydrogen (secondary N) is 1. The molecule has 2 rings (SSSR count). The fraction of sp³-hybridized carbons (Fsp3) is 0.933. The number of hydrogen-bond donors (Lipinski definition) is 1. The summed E-state index contributed by atoms with van der Waals surface area (Å²) in [4.78, 5) is 14.8. The van der Waals surface area contributed by atoms with Crippen molar-refractivity contribution in [2.75, 3.05) is 26.7 Å². The van der Waals surface area contributed by atoms with Crippen molar-refractivity contribution in [3.63, 3.8) is 0 Å². The van der Waals surface area contributed by atoms with Crippen molar-refractivity contribution >= 4 is 5.91 Å². The lowest BCUT2D eigenvalue weighted by molar-refractivity contribution is -0.140. The molecule has 0 radical (unpaired) electrons. The summed E-state index contributed by atoms with van der Waals surface area (Å²) in [6, 6.07) is 0. The van der Waals surface area contributed by atoms with Crippen molar-refractivity contribution in [3.05, 3.63) is 0 Å². The van der Waals surface area contributed by atoms with Crippen LogP contribution in [-0.2, 0) is 4.79 Å². The van der Waals surface area contributed by atoms with Crippen molar-refractivity contribution in [2.45, 2.75) is 51.9 Å². The Morgan fingerprint density at radius 1 is 1.39 bits per heavy atom. The smallest absolute Gasteiger partial charge is 0.229 e. The molecule has 0 bridgehead atoms. The van der Waals surface area contributed by atoms with E-state index in [1.807, 2.05) is 11.9 Å². The highest BCUT2D eigenvalue weighted by atomic mass is 16.2. The Balaban J connectivity index is 1.94. The van der Waals surface area contributed by atoms with Gasteiger partial charge in [-0.1, -0.05) is 26.2 Å². The number of carbonyl (C=O) groups is 1. The molecule has 1 N–H and O–H groups in total. The third-order valence-corrected chi connectivity index (χ3v) is 4.78. The average molecular weight is 252 g/mol. The van der Waals surface area contributed by atoms with E-state index in [0.717, 1.165) is 44.8 Å². The summed E-state index contributed by atoms with van der Waals surface area (Å²) in [5, 5.41) is 3.38. The lowest BCUT2D eigenvalue weighted by Crippen LogP contribution is -2.45. The standard InChI is InChI=1S/C15H28N2O/c1-3-8-15(9-10-16-12-15)14(18)17(2)11-13-6-4-5-7-13/h13,16H,3-12H2,1-2H3. The molecule has 2 fully saturated rings. The first-order chi connectivity index (χ1) is 8.68. The van der Waals surface area contributed by atoms with E-state index < -0.39 is 0 Å². The van der Waals surface area contributed by atoms with Gasteiger partial charge >= 0.3 is 0 Å². The van der Waals surface area contributed by atoms with Gasteiger partial charge in [-0.3, -0.25) is 4.79 Å². The molecule has 104 valence electrons. The Bertz CT molecular complexity index is 278. The Morgan fingerprint density at radius 2 is 2.11 bits per heavy atom. The quantitative estimate of drug-likeness (QED) is 0.815. The van der Waals surface area contributed by atoms with Gasteiger partial charge in [-0.15, -0.1) is 0 Å². The Hall–Kier alpha value is -0.570. The monoisotopic (exact) mass is 252 g/mol. The van der Waals surface area contributed by atoms with Crippen molar-refractivity contribution in [1.29, 1.82) is 0 Å². The van der Waals surface area contributed by atoms with E-state index in [1.165, 1.54) is 25.7 Å². The second-order valence-corrected chi connectivity index (χ2v) is 6.29. The lowest BCUT2D eigenvalue weighted by atomic mass is 9.81. The molecule has 0 aromatic carbocycles. The summed E-state index contributed by atoms with van der Waals surface area (Å²) in [6.45, 7) is 5.05. The molecule has 1 aliphatic heterocycles. The molecule has 1 atom stereocenters. The summed E-state index contributed by atoms with van der Waals surface area (Å²) < 4.78 is 0. The van der Waals surface area contributed by atoms with Gasteiger partial charge in [-0.05, 0) is 38.1 Å². The molecule has 1 saturated carbocycles. The van der Waals surface area contributed by atoms with Gasteiger partial charge < -0.3 is 10.2 Å². The number of carbonyl (C=O) groups excluding carboxylic acids is 1. The first-order valence-electron chi connectivity index (χ1n) is 7.64. The van der Waals surface area contributed by atoms with Crippen molar-refractivity contribution < 1.29 is 4.79 Å². The maximum Gasteiger partial charge on any atom is 0.229 e. The van der Waals surface area contributed by atoms with Crippen molar-refractivity contribution in [3.8, 4) is 0 Å². The van der Waals surface area contributed by atoms with Crippen LogP contribution in [0, 0.1) is 11.3 Å². The maximum absolute atomic E-state index is 12.7. The molecular weight excluding hydrogens is 224 g/mol. The van der Waals surface area contributed by atoms with Crippen LogP contribution in [0.3, 0.4) is 0 Å². The molecule has 0 aromatic heterocycles. The highest BCUT2D eigenvalue weighted by Gasteiger charge is 2.42. The van der Waals surface area contributed by atoms with E-state index in [9.17, 15) is 4.79 Å². The molecule has 3 nitrogen and oxygen atoms in total. The molecule has 0 spiro atoms. The van der Waals surface area contributed by atoms with E-state index in [-0.39, 0.29) is 5.41 Å². The third-order valence-electron chi connectivity index (χ3n) is 4.78. The molecular formula is C15H28N2O. The minimum Gasteiger partial charge on any atom is -0.345 e. The highest BCUT2D eigenvalue weighted by molar-refractivity contribution is 5.83. The van der Waals surface area contributed by atoms with Crippen molar-refractivity contribution in [1.82, 2.24) is 10.2 Å². The first-order valence-corrected chi connectivity index (χ1v) is 7.64. The number of hydrogen-bond acceptors (Lipinski definition) is 2. The molecule has 18 heavy (non-hydrogen) atoms. The summed E-state index contributed by atoms with van der Waals surface area (Å²) in [6.07, 6.45) is 8.50. The molecule has 1 amide bonds. The van der Waals surface area contributed by atoms with E-state index >= 15 is 0 Å². The van der Waals surface area contributed by atoms with Crippen LogP contribution in [0.2, 0.25) is 0 Å². The number of amides is 1. The fourth-order valence-electron chi connectivity index (χ4n) is 3.79. The van der Waals surface area contributed by atoms with Gasteiger partial charge in [0, 0.05) is 20.1 Å². The van der Waals surface area contributed by atoms with Crippen molar-refractivity contribution in [2.24, 2.45) is 11.3 Å². The van der Waals surface area contributed by atoms with Crippen LogP contribution in [0.1, 0.15) is 51.9 Å². The predicted molar refractivity (Wildman–Crippen MR) is 74.4 cm³/mol. The van der Waals surface area contributed by atoms with Crippen LogP contribution >= 0.6 is 0 Å². The molecule has 2 aliphatic rings. The minimum atomic E-state index is -0.0951. The summed E-state index contributed by atoms with van der Waals surface area (Å²) in [5.74, 6) is 1.15. The predicted octanol–water partition coefficient (Wildman–Crippen LogP) is 2.41. The van der Waals surface area contributed by atoms with E-state index in [1.54, 1.807) is 0 Å². The number of rotatable bonds is 5. The van der Waals surface area contributed by atoms with Gasteiger partial charge in [0.25, 0.3) is 0 Å². The zero-order valence-corrected chi connectivity index (χ0v) is 12.0. The van der Waals surface area contributed by atoms with Gasteiger partial charge in [0.2, 0.25) is 5.91 Å². The molecule has 3 heteroatoms. The van der Waals surface area contributed by atoms with Crippen LogP contribution in [0.15, 0.2) is 0 Å². The Morgan fingerprint density at radius 3 is 2.67 bits per heavy atom. The van der Waals surface area contributed by atoms with Gasteiger partial charge in [0.15, 0.2) is 0 Å². The topological polar surface area (TPSA) is 32.3 Å². The first kappa shape index (κ1) is 13.9. The molecule has 1 heterocycles. The molecule has 1 aliphatic carbocycles. The molecule has 0 aromatic rings. The fourth-order valence-corrected chi connectivity index (χ4v) is 3.79. The van der Waals surface area contributed by atoms with Gasteiger partial charge in [-0.2, -0.15) is 0 Å². The average Bonchev–Trinajstić information content (AvgIpc) is 3.00. The second-order valence-electron chi connectivity index (χ2n) is 6.29. The number of nitrogens with zero attached hydrogens (tertiary/aromatic N) is 1. The lowest BCUT2D eigenvalue weighted by Gasteiger charge is -2.33. The van der Waals surface area contributed by atoms with Crippen LogP contribution in [0.25, 0.3) is 0 Å².